The van der Waals surface area contributed by atoms with E-state index in [0.717, 1.165) is 32.1 Å². The van der Waals surface area contributed by atoms with Gasteiger partial charge < -0.3 is 14.6 Å². The number of esters is 1. The Labute approximate surface area is 256 Å². The average molecular weight is 585 g/mol. The van der Waals surface area contributed by atoms with Gasteiger partial charge in [-0.05, 0) is 129 Å². The minimum Gasteiger partial charge on any atom is -0.466 e. The quantitative estimate of drug-likeness (QED) is 0.178. The van der Waals surface area contributed by atoms with Crippen molar-refractivity contribution in [2.24, 2.45) is 56.7 Å². The van der Waals surface area contributed by atoms with Crippen molar-refractivity contribution in [2.75, 3.05) is 13.7 Å². The van der Waals surface area contributed by atoms with E-state index in [2.05, 4.69) is 48.1 Å². The number of aliphatic hydroxyl groups excluding tert-OH is 1. The van der Waals surface area contributed by atoms with E-state index in [1.165, 1.54) is 37.7 Å². The molecule has 1 N–H and O–H groups in total. The monoisotopic (exact) mass is 584 g/mol. The lowest BCUT2D eigenvalue weighted by molar-refractivity contribution is -0.255. The Balaban J connectivity index is 1.46. The summed E-state index contributed by atoms with van der Waals surface area (Å²) in [5.41, 5.74) is 1.89. The summed E-state index contributed by atoms with van der Waals surface area (Å²) in [5.74, 6) is 1.91. The standard InChI is InChI=1S/C37H60O5/c1-10-42-31(40)22-24(38)21-29(39)37-18-13-25(23(2)3)32(37)26-11-12-28-34(6)16-15-30(41-9)33(4,5)27(34)14-17-36(28,8)35(26,7)19-20-37/h25-30,32,39H,2,10-22H2,1,3-9H3/t25-,26+,27-,28+,29+,30-,32+,34-,35+,36+,37+/m0/s1. The van der Waals surface area contributed by atoms with Crippen LogP contribution in [0.4, 0.5) is 0 Å². The SMILES string of the molecule is C=C(C)[C@@H]1CC[C@]2([C@H](O)CC(=O)CC(=O)OCC)CC[C@]3(C)[C@H](CC[C@@H]4[C@@]5(C)CC[C@H](OC)C(C)(C)[C@@H]5CC[C@]43C)[C@@H]12. The Kier molecular flexibility index (Phi) is 8.43. The van der Waals surface area contributed by atoms with Gasteiger partial charge in [0.1, 0.15) is 12.2 Å². The van der Waals surface area contributed by atoms with Gasteiger partial charge >= 0.3 is 5.97 Å². The van der Waals surface area contributed by atoms with E-state index in [1.54, 1.807) is 6.92 Å². The molecule has 5 rings (SSSR count). The maximum atomic E-state index is 12.9. The van der Waals surface area contributed by atoms with Crippen LogP contribution >= 0.6 is 0 Å². The molecule has 0 bridgehead atoms. The first-order valence-electron chi connectivity index (χ1n) is 17.2. The van der Waals surface area contributed by atoms with Crippen molar-refractivity contribution in [1.29, 1.82) is 0 Å². The van der Waals surface area contributed by atoms with E-state index in [4.69, 9.17) is 9.47 Å². The normalized spacial score (nSPS) is 46.4. The molecule has 5 saturated carbocycles. The third-order valence-electron chi connectivity index (χ3n) is 15.1. The molecule has 0 spiro atoms. The van der Waals surface area contributed by atoms with E-state index in [0.29, 0.717) is 41.1 Å². The Hall–Kier alpha value is -1.20. The molecule has 5 heteroatoms. The summed E-state index contributed by atoms with van der Waals surface area (Å²) in [4.78, 5) is 25.0. The molecule has 0 heterocycles. The number of fused-ring (bicyclic) bond motifs is 7. The van der Waals surface area contributed by atoms with Gasteiger partial charge in [0.25, 0.3) is 0 Å². The summed E-state index contributed by atoms with van der Waals surface area (Å²) in [7, 11) is 1.90. The molecule has 5 fully saturated rings. The second kappa shape index (κ2) is 11.0. The van der Waals surface area contributed by atoms with Gasteiger partial charge in [0.15, 0.2) is 0 Å². The molecule has 0 unspecified atom stereocenters. The van der Waals surface area contributed by atoms with Crippen LogP contribution in [-0.2, 0) is 19.1 Å². The molecule has 0 aromatic carbocycles. The summed E-state index contributed by atoms with van der Waals surface area (Å²) in [6, 6.07) is 0. The van der Waals surface area contributed by atoms with Gasteiger partial charge in [-0.1, -0.05) is 46.8 Å². The lowest BCUT2D eigenvalue weighted by atomic mass is 9.32. The summed E-state index contributed by atoms with van der Waals surface area (Å²) in [5, 5.41) is 11.9. The molecule has 0 amide bonds. The number of carbonyl (C=O) groups is 2. The zero-order valence-electron chi connectivity index (χ0n) is 28.0. The molecule has 42 heavy (non-hydrogen) atoms. The van der Waals surface area contributed by atoms with Crippen LogP contribution < -0.4 is 0 Å². The molecule has 238 valence electrons. The number of hydrogen-bond donors (Lipinski definition) is 1. The fraction of sp³-hybridized carbons (Fsp3) is 0.892. The topological polar surface area (TPSA) is 72.8 Å². The van der Waals surface area contributed by atoms with Crippen molar-refractivity contribution < 1.29 is 24.2 Å². The fourth-order valence-corrected chi connectivity index (χ4v) is 13.0. The van der Waals surface area contributed by atoms with Crippen LogP contribution in [0.15, 0.2) is 12.2 Å². The second-order valence-corrected chi connectivity index (χ2v) is 16.7. The molecule has 0 saturated heterocycles. The van der Waals surface area contributed by atoms with Crippen LogP contribution in [0.5, 0.6) is 0 Å². The number of methoxy groups -OCH3 is 1. The number of ketones is 1. The highest BCUT2D eigenvalue weighted by Crippen LogP contribution is 2.78. The van der Waals surface area contributed by atoms with Crippen LogP contribution in [0.25, 0.3) is 0 Å². The van der Waals surface area contributed by atoms with Crippen LogP contribution in [0.2, 0.25) is 0 Å². The number of ether oxygens (including phenoxy) is 2. The lowest BCUT2D eigenvalue weighted by Crippen LogP contribution is -2.67. The predicted molar refractivity (Wildman–Crippen MR) is 167 cm³/mol. The van der Waals surface area contributed by atoms with Crippen LogP contribution in [0.1, 0.15) is 126 Å². The molecular weight excluding hydrogens is 524 g/mol. The summed E-state index contributed by atoms with van der Waals surface area (Å²) >= 11 is 0. The zero-order valence-corrected chi connectivity index (χ0v) is 28.0. The highest BCUT2D eigenvalue weighted by molar-refractivity contribution is 5.95. The Morgan fingerprint density at radius 3 is 2.26 bits per heavy atom. The van der Waals surface area contributed by atoms with Gasteiger partial charge in [0.2, 0.25) is 0 Å². The number of rotatable bonds is 8. The molecule has 0 aromatic heterocycles. The lowest BCUT2D eigenvalue weighted by Gasteiger charge is -2.73. The smallest absolute Gasteiger partial charge is 0.313 e. The van der Waals surface area contributed by atoms with Crippen LogP contribution in [0, 0.1) is 56.7 Å². The molecule has 5 aliphatic carbocycles. The van der Waals surface area contributed by atoms with Crippen molar-refractivity contribution in [3.05, 3.63) is 12.2 Å². The largest absolute Gasteiger partial charge is 0.466 e. The van der Waals surface area contributed by atoms with Gasteiger partial charge in [-0.25, -0.2) is 0 Å². The van der Waals surface area contributed by atoms with E-state index in [9.17, 15) is 14.7 Å². The van der Waals surface area contributed by atoms with Crippen molar-refractivity contribution in [1.82, 2.24) is 0 Å². The first-order chi connectivity index (χ1) is 19.6. The van der Waals surface area contributed by atoms with Crippen molar-refractivity contribution >= 4 is 11.8 Å². The third kappa shape index (κ3) is 4.52. The van der Waals surface area contributed by atoms with Gasteiger partial charge in [-0.15, -0.1) is 0 Å². The van der Waals surface area contributed by atoms with E-state index in [1.807, 2.05) is 7.11 Å². The number of carbonyl (C=O) groups excluding carboxylic acids is 2. The molecule has 11 atom stereocenters. The minimum atomic E-state index is -0.720. The van der Waals surface area contributed by atoms with Crippen LogP contribution in [0.3, 0.4) is 0 Å². The van der Waals surface area contributed by atoms with Gasteiger partial charge in [-0.2, -0.15) is 0 Å². The Morgan fingerprint density at radius 1 is 0.905 bits per heavy atom. The second-order valence-electron chi connectivity index (χ2n) is 16.7. The number of hydrogen-bond acceptors (Lipinski definition) is 5. The molecule has 0 aromatic rings. The number of Topliss-reactive ketones (excluding diaryl/α,β-unsaturated/α-hetero) is 1. The predicted octanol–water partition coefficient (Wildman–Crippen LogP) is 7.93. The number of allylic oxidation sites excluding steroid dienone is 1. The minimum absolute atomic E-state index is 0.0526. The third-order valence-corrected chi connectivity index (χ3v) is 15.1. The molecule has 0 radical (unpaired) electrons. The maximum Gasteiger partial charge on any atom is 0.313 e. The van der Waals surface area contributed by atoms with Gasteiger partial charge in [0, 0.05) is 18.9 Å². The van der Waals surface area contributed by atoms with Gasteiger partial charge in [0.05, 0.1) is 18.8 Å². The van der Waals surface area contributed by atoms with Crippen molar-refractivity contribution in [3.63, 3.8) is 0 Å². The van der Waals surface area contributed by atoms with E-state index in [-0.39, 0.29) is 46.9 Å². The zero-order chi connectivity index (χ0) is 30.9. The van der Waals surface area contributed by atoms with Crippen molar-refractivity contribution in [2.45, 2.75) is 138 Å². The summed E-state index contributed by atoms with van der Waals surface area (Å²) in [6.45, 7) is 21.5. The Morgan fingerprint density at radius 2 is 1.62 bits per heavy atom. The average Bonchev–Trinajstić information content (AvgIpc) is 3.30. The fourth-order valence-electron chi connectivity index (χ4n) is 13.0. The highest BCUT2D eigenvalue weighted by Gasteiger charge is 2.71. The molecule has 5 aliphatic rings. The maximum absolute atomic E-state index is 12.9. The number of aliphatic hydroxyl groups is 1. The van der Waals surface area contributed by atoms with E-state index < -0.39 is 12.1 Å². The van der Waals surface area contributed by atoms with Gasteiger partial charge in [-0.3, -0.25) is 9.59 Å². The highest BCUT2D eigenvalue weighted by atomic mass is 16.5. The molecule has 5 nitrogen and oxygen atoms in total. The first kappa shape index (κ1) is 32.2. The van der Waals surface area contributed by atoms with Crippen molar-refractivity contribution in [3.8, 4) is 0 Å². The van der Waals surface area contributed by atoms with Crippen LogP contribution in [-0.4, -0.2) is 42.8 Å². The molecular formula is C37H60O5. The Bertz CT molecular complexity index is 1080. The summed E-state index contributed by atoms with van der Waals surface area (Å²) < 4.78 is 11.1. The first-order valence-corrected chi connectivity index (χ1v) is 17.2. The molecule has 0 aliphatic heterocycles. The van der Waals surface area contributed by atoms with E-state index >= 15 is 0 Å². The summed E-state index contributed by atoms with van der Waals surface area (Å²) in [6.07, 6.45) is 10.9.